The maximum atomic E-state index is 13.4. The number of unbranched alkanes of at least 4 members (excludes halogenated alkanes) is 2. The van der Waals surface area contributed by atoms with E-state index in [1.807, 2.05) is 71.6 Å². The summed E-state index contributed by atoms with van der Waals surface area (Å²) in [6.45, 7) is 3.98. The Morgan fingerprint density at radius 3 is 2.49 bits per heavy atom. The molecule has 4 rings (SSSR count). The zero-order valence-electron chi connectivity index (χ0n) is 21.2. The lowest BCUT2D eigenvalue weighted by Gasteiger charge is -2.23. The lowest BCUT2D eigenvalue weighted by Crippen LogP contribution is -2.31. The molecule has 0 atom stereocenters. The van der Waals surface area contributed by atoms with Gasteiger partial charge in [0, 0.05) is 25.1 Å². The fraction of sp³-hybridized carbons (Fsp3) is 0.333. The topological polar surface area (TPSA) is 85.3 Å². The van der Waals surface area contributed by atoms with E-state index in [1.165, 1.54) is 0 Å². The Labute approximate surface area is 217 Å². The number of carbonyl (C=O) groups is 2. The maximum absolute atomic E-state index is 13.4. The summed E-state index contributed by atoms with van der Waals surface area (Å²) >= 11 is 0. The smallest absolute Gasteiger partial charge is 0.303 e. The van der Waals surface area contributed by atoms with Crippen LogP contribution in [0.2, 0.25) is 0 Å². The predicted octanol–water partition coefficient (Wildman–Crippen LogP) is 6.16. The molecule has 0 aliphatic carbocycles. The second-order valence-electron chi connectivity index (χ2n) is 9.07. The fourth-order valence-corrected chi connectivity index (χ4v) is 4.29. The van der Waals surface area contributed by atoms with Gasteiger partial charge in [-0.15, -0.1) is 0 Å². The second-order valence-corrected chi connectivity index (χ2v) is 9.07. The summed E-state index contributed by atoms with van der Waals surface area (Å²) in [5.41, 5.74) is 3.66. The Morgan fingerprint density at radius 2 is 1.70 bits per heavy atom. The number of rotatable bonds is 13. The van der Waals surface area contributed by atoms with Crippen molar-refractivity contribution in [3.63, 3.8) is 0 Å². The number of carbonyl (C=O) groups excluding carboxylic acids is 1. The minimum atomic E-state index is -0.763. The molecule has 194 valence electrons. The SMILES string of the molecule is CCCN(Cc1cccc(OCCCCCC(=O)O)c1)C(=O)c1ccc(-c2ccc3c(c2)OCO3)cc1. The Hall–Kier alpha value is -4.00. The molecule has 7 heteroatoms. The number of fused-ring (bicyclic) bond motifs is 1. The van der Waals surface area contributed by atoms with E-state index >= 15 is 0 Å². The van der Waals surface area contributed by atoms with Crippen LogP contribution in [0.15, 0.2) is 66.7 Å². The summed E-state index contributed by atoms with van der Waals surface area (Å²) in [4.78, 5) is 25.8. The number of benzene rings is 3. The van der Waals surface area contributed by atoms with Gasteiger partial charge in [0.15, 0.2) is 11.5 Å². The maximum Gasteiger partial charge on any atom is 0.303 e. The summed E-state index contributed by atoms with van der Waals surface area (Å²) in [5, 5.41) is 8.72. The van der Waals surface area contributed by atoms with Gasteiger partial charge in [-0.2, -0.15) is 0 Å². The van der Waals surface area contributed by atoms with E-state index in [4.69, 9.17) is 19.3 Å². The van der Waals surface area contributed by atoms with E-state index in [0.717, 1.165) is 53.2 Å². The van der Waals surface area contributed by atoms with Crippen molar-refractivity contribution in [1.29, 1.82) is 0 Å². The molecule has 0 unspecified atom stereocenters. The molecular formula is C30H33NO6. The molecule has 0 saturated carbocycles. The van der Waals surface area contributed by atoms with Crippen LogP contribution in [0.5, 0.6) is 17.2 Å². The van der Waals surface area contributed by atoms with Crippen molar-refractivity contribution in [2.45, 2.75) is 45.6 Å². The van der Waals surface area contributed by atoms with Crippen molar-refractivity contribution in [3.05, 3.63) is 77.9 Å². The van der Waals surface area contributed by atoms with E-state index in [9.17, 15) is 9.59 Å². The van der Waals surface area contributed by atoms with Crippen LogP contribution in [0, 0.1) is 0 Å². The quantitative estimate of drug-likeness (QED) is 0.281. The highest BCUT2D eigenvalue weighted by Crippen LogP contribution is 2.36. The molecule has 1 N–H and O–H groups in total. The van der Waals surface area contributed by atoms with E-state index in [-0.39, 0.29) is 19.1 Å². The first-order chi connectivity index (χ1) is 18.0. The lowest BCUT2D eigenvalue weighted by atomic mass is 10.0. The van der Waals surface area contributed by atoms with Crippen LogP contribution in [0.1, 0.15) is 54.9 Å². The average Bonchev–Trinajstić information content (AvgIpc) is 3.38. The highest BCUT2D eigenvalue weighted by atomic mass is 16.7. The Morgan fingerprint density at radius 1 is 0.919 bits per heavy atom. The largest absolute Gasteiger partial charge is 0.494 e. The van der Waals surface area contributed by atoms with Crippen LogP contribution in [-0.4, -0.2) is 41.8 Å². The van der Waals surface area contributed by atoms with Gasteiger partial charge in [0.05, 0.1) is 6.61 Å². The molecule has 3 aromatic carbocycles. The number of hydrogen-bond acceptors (Lipinski definition) is 5. The van der Waals surface area contributed by atoms with E-state index < -0.39 is 5.97 Å². The third kappa shape index (κ3) is 7.26. The number of aliphatic carboxylic acids is 1. The fourth-order valence-electron chi connectivity index (χ4n) is 4.29. The molecule has 0 radical (unpaired) electrons. The van der Waals surface area contributed by atoms with Crippen LogP contribution < -0.4 is 14.2 Å². The van der Waals surface area contributed by atoms with Gasteiger partial charge in [0.2, 0.25) is 6.79 Å². The zero-order chi connectivity index (χ0) is 26.0. The van der Waals surface area contributed by atoms with E-state index in [2.05, 4.69) is 6.92 Å². The molecule has 1 aliphatic rings. The average molecular weight is 504 g/mol. The molecule has 1 heterocycles. The molecule has 1 aliphatic heterocycles. The zero-order valence-corrected chi connectivity index (χ0v) is 21.2. The third-order valence-electron chi connectivity index (χ3n) is 6.19. The van der Waals surface area contributed by atoms with Gasteiger partial charge in [0.25, 0.3) is 5.91 Å². The van der Waals surface area contributed by atoms with Crippen molar-refractivity contribution in [3.8, 4) is 28.4 Å². The van der Waals surface area contributed by atoms with Crippen molar-refractivity contribution < 1.29 is 28.9 Å². The molecule has 0 spiro atoms. The van der Waals surface area contributed by atoms with Crippen LogP contribution in [0.3, 0.4) is 0 Å². The van der Waals surface area contributed by atoms with Gasteiger partial charge in [-0.3, -0.25) is 9.59 Å². The monoisotopic (exact) mass is 503 g/mol. The number of nitrogens with zero attached hydrogens (tertiary/aromatic N) is 1. The van der Waals surface area contributed by atoms with Crippen LogP contribution in [0.4, 0.5) is 0 Å². The predicted molar refractivity (Wildman–Crippen MR) is 141 cm³/mol. The molecule has 37 heavy (non-hydrogen) atoms. The number of hydrogen-bond donors (Lipinski definition) is 1. The summed E-state index contributed by atoms with van der Waals surface area (Å²) in [6, 6.07) is 21.3. The minimum absolute atomic E-state index is 0.0103. The highest BCUT2D eigenvalue weighted by molar-refractivity contribution is 5.94. The normalized spacial score (nSPS) is 11.8. The number of ether oxygens (including phenoxy) is 3. The molecule has 1 amide bonds. The van der Waals surface area contributed by atoms with Crippen molar-refractivity contribution in [2.24, 2.45) is 0 Å². The summed E-state index contributed by atoms with van der Waals surface area (Å²) in [6.07, 6.45) is 3.33. The molecule has 3 aromatic rings. The standard InChI is InChI=1S/C30H33NO6/c1-2-16-31(20-22-7-6-8-26(18-22)35-17-5-3-4-9-29(32)33)30(34)24-12-10-23(11-13-24)25-14-15-27-28(19-25)37-21-36-27/h6-8,10-15,18-19H,2-5,9,16-17,20-21H2,1H3,(H,32,33). The number of carboxylic acid groups (broad SMARTS) is 1. The number of amides is 1. The van der Waals surface area contributed by atoms with Crippen molar-refractivity contribution in [2.75, 3.05) is 19.9 Å². The lowest BCUT2D eigenvalue weighted by molar-refractivity contribution is -0.137. The first kappa shape index (κ1) is 26.1. The second kappa shape index (κ2) is 12.8. The summed E-state index contributed by atoms with van der Waals surface area (Å²) in [7, 11) is 0. The van der Waals surface area contributed by atoms with Crippen molar-refractivity contribution in [1.82, 2.24) is 4.90 Å². The van der Waals surface area contributed by atoms with E-state index in [0.29, 0.717) is 31.7 Å². The van der Waals surface area contributed by atoms with Gasteiger partial charge < -0.3 is 24.2 Å². The van der Waals surface area contributed by atoms with Gasteiger partial charge in [-0.25, -0.2) is 0 Å². The van der Waals surface area contributed by atoms with Crippen LogP contribution in [0.25, 0.3) is 11.1 Å². The van der Waals surface area contributed by atoms with Gasteiger partial charge >= 0.3 is 5.97 Å². The van der Waals surface area contributed by atoms with Crippen molar-refractivity contribution >= 4 is 11.9 Å². The molecular weight excluding hydrogens is 470 g/mol. The minimum Gasteiger partial charge on any atom is -0.494 e. The molecule has 0 fully saturated rings. The number of carboxylic acids is 1. The Bertz CT molecular complexity index is 1210. The van der Waals surface area contributed by atoms with Gasteiger partial charge in [-0.1, -0.05) is 37.3 Å². The first-order valence-electron chi connectivity index (χ1n) is 12.8. The van der Waals surface area contributed by atoms with Crippen LogP contribution in [-0.2, 0) is 11.3 Å². The van der Waals surface area contributed by atoms with Crippen LogP contribution >= 0.6 is 0 Å². The Balaban J connectivity index is 1.36. The molecule has 0 saturated heterocycles. The Kier molecular flexibility index (Phi) is 9.03. The van der Waals surface area contributed by atoms with Gasteiger partial charge in [-0.05, 0) is 78.8 Å². The highest BCUT2D eigenvalue weighted by Gasteiger charge is 2.17. The third-order valence-corrected chi connectivity index (χ3v) is 6.19. The molecule has 0 aromatic heterocycles. The van der Waals surface area contributed by atoms with E-state index in [1.54, 1.807) is 0 Å². The summed E-state index contributed by atoms with van der Waals surface area (Å²) in [5.74, 6) is 1.46. The molecule has 7 nitrogen and oxygen atoms in total. The molecule has 0 bridgehead atoms. The van der Waals surface area contributed by atoms with Gasteiger partial charge in [0.1, 0.15) is 5.75 Å². The first-order valence-corrected chi connectivity index (χ1v) is 12.8. The summed E-state index contributed by atoms with van der Waals surface area (Å²) < 4.78 is 16.7.